The van der Waals surface area contributed by atoms with Gasteiger partial charge in [0.05, 0.1) is 33.5 Å². The average molecular weight is 716 g/mol. The van der Waals surface area contributed by atoms with Crippen molar-refractivity contribution < 1.29 is 4.42 Å². The van der Waals surface area contributed by atoms with E-state index in [1.165, 1.54) is 33.0 Å². The molecule has 0 radical (unpaired) electrons. The van der Waals surface area contributed by atoms with E-state index >= 15 is 0 Å². The number of aromatic nitrogens is 3. The first-order chi connectivity index (χ1) is 27.7. The molecule has 0 amide bonds. The number of hydrogen-bond donors (Lipinski definition) is 0. The zero-order valence-electron chi connectivity index (χ0n) is 30.3. The highest BCUT2D eigenvalue weighted by atomic mass is 16.3. The lowest BCUT2D eigenvalue weighted by Crippen LogP contribution is -1.96. The van der Waals surface area contributed by atoms with Crippen molar-refractivity contribution in [3.63, 3.8) is 0 Å². The number of rotatable bonds is 6. The van der Waals surface area contributed by atoms with Gasteiger partial charge >= 0.3 is 0 Å². The van der Waals surface area contributed by atoms with E-state index in [1.807, 2.05) is 36.4 Å². The van der Waals surface area contributed by atoms with E-state index in [1.54, 1.807) is 0 Å². The van der Waals surface area contributed by atoms with Crippen molar-refractivity contribution in [2.45, 2.75) is 0 Å². The van der Waals surface area contributed by atoms with Crippen LogP contribution in [0.5, 0.6) is 0 Å². The Bertz CT molecular complexity index is 3070. The maximum absolute atomic E-state index is 6.69. The SMILES string of the molecule is c1ccc(-c2ccc3c(c2)c2cc(-c4ccccc4)ccc2n3-c2cccc3oc4cc(-c5nc(-c6ccccc6)cc(-c6ccccc6)n5)ccc4c23)cc1. The van der Waals surface area contributed by atoms with Crippen LogP contribution in [0.25, 0.3) is 106 Å². The van der Waals surface area contributed by atoms with Gasteiger partial charge in [-0.05, 0) is 76.9 Å². The maximum Gasteiger partial charge on any atom is 0.160 e. The normalized spacial score (nSPS) is 11.6. The first-order valence-corrected chi connectivity index (χ1v) is 18.9. The van der Waals surface area contributed by atoms with Crippen LogP contribution in [0.3, 0.4) is 0 Å². The van der Waals surface area contributed by atoms with Crippen molar-refractivity contribution >= 4 is 43.7 Å². The van der Waals surface area contributed by atoms with Gasteiger partial charge in [0.15, 0.2) is 5.82 Å². The summed E-state index contributed by atoms with van der Waals surface area (Å²) in [5, 5.41) is 4.52. The molecule has 3 heterocycles. The zero-order valence-corrected chi connectivity index (χ0v) is 30.3. The van der Waals surface area contributed by atoms with E-state index in [9.17, 15) is 0 Å². The average Bonchev–Trinajstić information content (AvgIpc) is 3.82. The molecule has 0 unspecified atom stereocenters. The molecule has 0 aliphatic carbocycles. The molecule has 0 aliphatic rings. The van der Waals surface area contributed by atoms with Gasteiger partial charge in [-0.25, -0.2) is 9.97 Å². The monoisotopic (exact) mass is 715 g/mol. The Labute approximate surface area is 323 Å². The lowest BCUT2D eigenvalue weighted by molar-refractivity contribution is 0.669. The largest absolute Gasteiger partial charge is 0.456 e. The third kappa shape index (κ3) is 5.39. The minimum Gasteiger partial charge on any atom is -0.456 e. The fourth-order valence-corrected chi connectivity index (χ4v) is 8.13. The van der Waals surface area contributed by atoms with Gasteiger partial charge in [0.2, 0.25) is 0 Å². The van der Waals surface area contributed by atoms with Crippen LogP contribution in [0.2, 0.25) is 0 Å². The van der Waals surface area contributed by atoms with E-state index in [-0.39, 0.29) is 0 Å². The van der Waals surface area contributed by atoms with Crippen molar-refractivity contribution in [3.05, 3.63) is 200 Å². The summed E-state index contributed by atoms with van der Waals surface area (Å²) in [6.45, 7) is 0. The Hall–Kier alpha value is -7.56. The standard InChI is InChI=1S/C52H33N3O/c1-5-14-34(15-6-1)38-25-28-46-42(30-38)43-31-39(35-16-7-2-8-17-35)26-29-47(43)55(46)48-22-13-23-49-51(48)41-27-24-40(32-50(41)56-49)52-53-44(36-18-9-3-10-19-36)33-45(54-52)37-20-11-4-12-21-37/h1-33H. The molecule has 0 aliphatic heterocycles. The Morgan fingerprint density at radius 3 is 1.38 bits per heavy atom. The molecule has 262 valence electrons. The lowest BCUT2D eigenvalue weighted by Gasteiger charge is -2.11. The van der Waals surface area contributed by atoms with Crippen molar-refractivity contribution in [2.24, 2.45) is 0 Å². The Morgan fingerprint density at radius 2 is 0.839 bits per heavy atom. The molecule has 0 atom stereocenters. The molecular weight excluding hydrogens is 683 g/mol. The highest BCUT2D eigenvalue weighted by Gasteiger charge is 2.20. The Balaban J connectivity index is 1.11. The minimum absolute atomic E-state index is 0.652. The molecular formula is C52H33N3O. The number of hydrogen-bond acceptors (Lipinski definition) is 3. The predicted molar refractivity (Wildman–Crippen MR) is 231 cm³/mol. The van der Waals surface area contributed by atoms with Crippen LogP contribution >= 0.6 is 0 Å². The molecule has 0 bridgehead atoms. The topological polar surface area (TPSA) is 43.9 Å². The molecule has 4 nitrogen and oxygen atoms in total. The third-order valence-corrected chi connectivity index (χ3v) is 10.8. The number of furan rings is 1. The second kappa shape index (κ2) is 13.1. The molecule has 0 N–H and O–H groups in total. The second-order valence-electron chi connectivity index (χ2n) is 14.2. The van der Waals surface area contributed by atoms with E-state index < -0.39 is 0 Å². The first-order valence-electron chi connectivity index (χ1n) is 18.9. The molecule has 11 aromatic rings. The maximum atomic E-state index is 6.69. The number of fused-ring (bicyclic) bond motifs is 6. The van der Waals surface area contributed by atoms with Gasteiger partial charge < -0.3 is 8.98 Å². The minimum atomic E-state index is 0.652. The molecule has 3 aromatic heterocycles. The smallest absolute Gasteiger partial charge is 0.160 e. The summed E-state index contributed by atoms with van der Waals surface area (Å²) in [5.74, 6) is 0.652. The van der Waals surface area contributed by atoms with E-state index in [0.29, 0.717) is 5.82 Å². The Kier molecular flexibility index (Phi) is 7.46. The van der Waals surface area contributed by atoms with E-state index in [0.717, 1.165) is 66.7 Å². The van der Waals surface area contributed by atoms with Gasteiger partial charge in [-0.1, -0.05) is 146 Å². The van der Waals surface area contributed by atoms with Crippen LogP contribution in [0, 0.1) is 0 Å². The quantitative estimate of drug-likeness (QED) is 0.172. The molecule has 4 heteroatoms. The van der Waals surface area contributed by atoms with Crippen LogP contribution < -0.4 is 0 Å². The third-order valence-electron chi connectivity index (χ3n) is 10.8. The predicted octanol–water partition coefficient (Wildman–Crippen LogP) is 13.8. The van der Waals surface area contributed by atoms with Crippen molar-refractivity contribution in [3.8, 4) is 61.8 Å². The summed E-state index contributed by atoms with van der Waals surface area (Å²) < 4.78 is 9.09. The summed E-state index contributed by atoms with van der Waals surface area (Å²) in [6.07, 6.45) is 0. The van der Waals surface area contributed by atoms with Crippen molar-refractivity contribution in [2.75, 3.05) is 0 Å². The van der Waals surface area contributed by atoms with Gasteiger partial charge in [0.25, 0.3) is 0 Å². The molecule has 0 saturated heterocycles. The van der Waals surface area contributed by atoms with Crippen molar-refractivity contribution in [1.29, 1.82) is 0 Å². The van der Waals surface area contributed by atoms with Crippen LogP contribution in [-0.4, -0.2) is 14.5 Å². The summed E-state index contributed by atoms with van der Waals surface area (Å²) in [4.78, 5) is 10.2. The van der Waals surface area contributed by atoms with Crippen LogP contribution in [0.1, 0.15) is 0 Å². The van der Waals surface area contributed by atoms with Gasteiger partial charge in [-0.3, -0.25) is 0 Å². The summed E-state index contributed by atoms with van der Waals surface area (Å²) in [7, 11) is 0. The van der Waals surface area contributed by atoms with E-state index in [2.05, 4.69) is 168 Å². The lowest BCUT2D eigenvalue weighted by atomic mass is 10.0. The first kappa shape index (κ1) is 31.9. The van der Waals surface area contributed by atoms with Gasteiger partial charge in [0.1, 0.15) is 11.2 Å². The summed E-state index contributed by atoms with van der Waals surface area (Å²) in [6, 6.07) is 70.3. The number of benzene rings is 8. The summed E-state index contributed by atoms with van der Waals surface area (Å²) >= 11 is 0. The fraction of sp³-hybridized carbons (Fsp3) is 0. The van der Waals surface area contributed by atoms with Crippen molar-refractivity contribution in [1.82, 2.24) is 14.5 Å². The highest BCUT2D eigenvalue weighted by molar-refractivity contribution is 6.15. The molecule has 8 aromatic carbocycles. The molecule has 0 spiro atoms. The van der Waals surface area contributed by atoms with Crippen LogP contribution in [0.4, 0.5) is 0 Å². The number of nitrogens with zero attached hydrogens (tertiary/aromatic N) is 3. The summed E-state index contributed by atoms with van der Waals surface area (Å²) in [5.41, 5.74) is 14.5. The molecule has 0 saturated carbocycles. The van der Waals surface area contributed by atoms with Gasteiger partial charge in [-0.2, -0.15) is 0 Å². The molecule has 56 heavy (non-hydrogen) atoms. The van der Waals surface area contributed by atoms with E-state index in [4.69, 9.17) is 14.4 Å². The second-order valence-corrected chi connectivity index (χ2v) is 14.2. The molecule has 11 rings (SSSR count). The fourth-order valence-electron chi connectivity index (χ4n) is 8.13. The highest BCUT2D eigenvalue weighted by Crippen LogP contribution is 2.42. The van der Waals surface area contributed by atoms with Gasteiger partial charge in [-0.15, -0.1) is 0 Å². The zero-order chi connectivity index (χ0) is 37.0. The molecule has 0 fully saturated rings. The Morgan fingerprint density at radius 1 is 0.339 bits per heavy atom. The van der Waals surface area contributed by atoms with Crippen LogP contribution in [-0.2, 0) is 0 Å². The van der Waals surface area contributed by atoms with Gasteiger partial charge in [0, 0.05) is 32.8 Å². The van der Waals surface area contributed by atoms with Crippen LogP contribution in [0.15, 0.2) is 205 Å².